The first kappa shape index (κ1) is 25.4. The summed E-state index contributed by atoms with van der Waals surface area (Å²) in [5.41, 5.74) is 0. The zero-order valence-electron chi connectivity index (χ0n) is 16.9. The molecule has 0 N–H and O–H groups in total. The van der Waals surface area contributed by atoms with Gasteiger partial charge in [-0.2, -0.15) is 0 Å². The Labute approximate surface area is 185 Å². The van der Waals surface area contributed by atoms with E-state index in [0.29, 0.717) is 10.4 Å². The molecule has 0 bridgehead atoms. The molecule has 0 aliphatic heterocycles. The summed E-state index contributed by atoms with van der Waals surface area (Å²) >= 11 is 0. The van der Waals surface area contributed by atoms with Crippen LogP contribution in [0.2, 0.25) is 12.1 Å². The predicted molar refractivity (Wildman–Crippen MR) is 112 cm³/mol. The van der Waals surface area contributed by atoms with Gasteiger partial charge in [0.25, 0.3) is 0 Å². The van der Waals surface area contributed by atoms with Crippen LogP contribution in [-0.4, -0.2) is 39.6 Å². The molecule has 0 unspecified atom stereocenters. The van der Waals surface area contributed by atoms with Crippen molar-refractivity contribution in [1.82, 2.24) is 0 Å². The molecule has 0 saturated carbocycles. The molecule has 0 heterocycles. The Kier molecular flexibility index (Phi) is 7.48. The number of benzene rings is 2. The molecule has 2 aromatic carbocycles. The first-order valence-corrected chi connectivity index (χ1v) is 11.9. The van der Waals surface area contributed by atoms with E-state index >= 15 is 0 Å². The Balaban J connectivity index is 2.67. The average Bonchev–Trinajstić information content (AvgIpc) is 2.79. The minimum Gasteiger partial charge on any atom is -0.256 e. The molecule has 0 aliphatic carbocycles. The number of hydrogen-bond donors (Lipinski definition) is 0. The van der Waals surface area contributed by atoms with E-state index in [9.17, 15) is 49.2 Å². The standard InChI is InChI=1S/C18H18F2N4O8Si/c19-17(21(25)26,22(27)28)11-13-33(15-7-3-1-4-8-15,16-9-5-2-6-10-16)14-12-18(20,23(29)30)24(31)32/h1-10H,11-14H2. The van der Waals surface area contributed by atoms with Crippen molar-refractivity contribution in [3.05, 3.63) is 101 Å². The number of rotatable bonds is 12. The van der Waals surface area contributed by atoms with Crippen molar-refractivity contribution in [1.29, 1.82) is 0 Å². The van der Waals surface area contributed by atoms with Crippen LogP contribution in [-0.2, 0) is 0 Å². The lowest BCUT2D eigenvalue weighted by molar-refractivity contribution is -0.831. The van der Waals surface area contributed by atoms with E-state index in [2.05, 4.69) is 0 Å². The number of nitro groups is 4. The van der Waals surface area contributed by atoms with Gasteiger partial charge in [0.05, 0.1) is 0 Å². The molecular formula is C18H18F2N4O8Si. The maximum atomic E-state index is 14.7. The van der Waals surface area contributed by atoms with Crippen LogP contribution in [0.3, 0.4) is 0 Å². The van der Waals surface area contributed by atoms with Crippen molar-refractivity contribution in [2.24, 2.45) is 0 Å². The van der Waals surface area contributed by atoms with Gasteiger partial charge >= 0.3 is 11.8 Å². The van der Waals surface area contributed by atoms with E-state index in [-0.39, 0.29) is 0 Å². The van der Waals surface area contributed by atoms with E-state index < -0.39 is 64.5 Å². The summed E-state index contributed by atoms with van der Waals surface area (Å²) in [5, 5.41) is 45.3. The Bertz CT molecular complexity index is 933. The summed E-state index contributed by atoms with van der Waals surface area (Å²) < 4.78 is 29.3. The molecule has 0 aromatic heterocycles. The zero-order chi connectivity index (χ0) is 24.9. The normalized spacial score (nSPS) is 12.2. The van der Waals surface area contributed by atoms with Gasteiger partial charge in [-0.15, -0.1) is 0 Å². The second kappa shape index (κ2) is 9.72. The highest BCUT2D eigenvalue weighted by Gasteiger charge is 2.61. The molecule has 0 radical (unpaired) electrons. The topological polar surface area (TPSA) is 173 Å². The Morgan fingerprint density at radius 1 is 0.606 bits per heavy atom. The van der Waals surface area contributed by atoms with Crippen LogP contribution >= 0.6 is 0 Å². The third kappa shape index (κ3) is 4.97. The lowest BCUT2D eigenvalue weighted by Crippen LogP contribution is -2.60. The van der Waals surface area contributed by atoms with Crippen LogP contribution < -0.4 is 10.4 Å². The van der Waals surface area contributed by atoms with Gasteiger partial charge in [0.1, 0.15) is 40.6 Å². The van der Waals surface area contributed by atoms with Crippen molar-refractivity contribution >= 4 is 18.4 Å². The largest absolute Gasteiger partial charge is 0.613 e. The molecule has 0 fully saturated rings. The molecule has 176 valence electrons. The van der Waals surface area contributed by atoms with Gasteiger partial charge < -0.3 is 0 Å². The Morgan fingerprint density at radius 2 is 0.879 bits per heavy atom. The lowest BCUT2D eigenvalue weighted by atomic mass is 10.3. The first-order valence-electron chi connectivity index (χ1n) is 9.47. The summed E-state index contributed by atoms with van der Waals surface area (Å²) in [6.07, 6.45) is -2.45. The van der Waals surface area contributed by atoms with Crippen molar-refractivity contribution < 1.29 is 28.5 Å². The van der Waals surface area contributed by atoms with Crippen LogP contribution in [0.5, 0.6) is 0 Å². The van der Waals surface area contributed by atoms with Gasteiger partial charge in [-0.25, -0.2) is 0 Å². The average molecular weight is 484 g/mol. The minimum absolute atomic E-state index is 0.402. The van der Waals surface area contributed by atoms with Crippen LogP contribution in [0.1, 0.15) is 12.8 Å². The fourth-order valence-electron chi connectivity index (χ4n) is 3.63. The monoisotopic (exact) mass is 484 g/mol. The number of halogens is 2. The quantitative estimate of drug-likeness (QED) is 0.145. The van der Waals surface area contributed by atoms with E-state index in [1.165, 1.54) is 24.3 Å². The minimum atomic E-state index is -4.05. The summed E-state index contributed by atoms with van der Waals surface area (Å²) in [5.74, 6) is -8.11. The van der Waals surface area contributed by atoms with Crippen LogP contribution in [0.25, 0.3) is 0 Å². The Hall–Kier alpha value is -3.88. The maximum absolute atomic E-state index is 14.7. The Morgan fingerprint density at radius 3 is 1.12 bits per heavy atom. The highest BCUT2D eigenvalue weighted by molar-refractivity contribution is 7.02. The molecule has 33 heavy (non-hydrogen) atoms. The van der Waals surface area contributed by atoms with Crippen LogP contribution in [0.15, 0.2) is 60.7 Å². The fraction of sp³-hybridized carbons (Fsp3) is 0.333. The van der Waals surface area contributed by atoms with Crippen LogP contribution in [0, 0.1) is 40.5 Å². The smallest absolute Gasteiger partial charge is 0.256 e. The van der Waals surface area contributed by atoms with Gasteiger partial charge in [0.15, 0.2) is 0 Å². The summed E-state index contributed by atoms with van der Waals surface area (Å²) in [6.45, 7) is 0. The van der Waals surface area contributed by atoms with Crippen molar-refractivity contribution in [3.63, 3.8) is 0 Å². The summed E-state index contributed by atoms with van der Waals surface area (Å²) in [7, 11) is -3.65. The molecule has 0 atom stereocenters. The van der Waals surface area contributed by atoms with Gasteiger partial charge in [-0.1, -0.05) is 79.8 Å². The second-order valence-electron chi connectivity index (χ2n) is 7.28. The second-order valence-corrected chi connectivity index (χ2v) is 11.6. The summed E-state index contributed by atoms with van der Waals surface area (Å²) in [6, 6.07) is 14.4. The molecule has 2 rings (SSSR count). The predicted octanol–water partition coefficient (Wildman–Crippen LogP) is 2.38. The lowest BCUT2D eigenvalue weighted by Gasteiger charge is -2.33. The number of hydrogen-bond acceptors (Lipinski definition) is 8. The molecule has 0 amide bonds. The van der Waals surface area contributed by atoms with E-state index in [4.69, 9.17) is 0 Å². The zero-order valence-corrected chi connectivity index (χ0v) is 17.9. The van der Waals surface area contributed by atoms with Gasteiger partial charge in [0.2, 0.25) is 0 Å². The fourth-order valence-corrected chi connectivity index (χ4v) is 8.52. The van der Waals surface area contributed by atoms with Crippen molar-refractivity contribution in [3.8, 4) is 0 Å². The third-order valence-electron chi connectivity index (χ3n) is 5.51. The van der Waals surface area contributed by atoms with Gasteiger partial charge in [-0.05, 0) is 12.1 Å². The number of alkyl halides is 2. The van der Waals surface area contributed by atoms with Gasteiger partial charge in [-0.3, -0.25) is 40.5 Å². The molecule has 15 heteroatoms. The molecule has 0 aliphatic rings. The molecular weight excluding hydrogens is 466 g/mol. The van der Waals surface area contributed by atoms with Crippen molar-refractivity contribution in [2.45, 2.75) is 36.8 Å². The van der Waals surface area contributed by atoms with Gasteiger partial charge in [0, 0.05) is 0 Å². The SMILES string of the molecule is O=[N+]([O-])C(F)(CC[Si](CCC(F)([N+](=O)[O-])[N+](=O)[O-])(c1ccccc1)c1ccccc1)[N+](=O)[O-]. The maximum Gasteiger partial charge on any atom is 0.613 e. The van der Waals surface area contributed by atoms with Crippen molar-refractivity contribution in [2.75, 3.05) is 0 Å². The first-order chi connectivity index (χ1) is 15.4. The highest BCUT2D eigenvalue weighted by Crippen LogP contribution is 2.31. The highest BCUT2D eigenvalue weighted by atomic mass is 28.3. The molecule has 2 aromatic rings. The van der Waals surface area contributed by atoms with E-state index in [0.717, 1.165) is 0 Å². The molecule has 0 spiro atoms. The third-order valence-corrected chi connectivity index (χ3v) is 10.6. The van der Waals surface area contributed by atoms with E-state index in [1.807, 2.05) is 0 Å². The molecule has 12 nitrogen and oxygen atoms in total. The molecule has 0 saturated heterocycles. The van der Waals surface area contributed by atoms with Crippen LogP contribution in [0.4, 0.5) is 8.78 Å². The van der Waals surface area contributed by atoms with E-state index in [1.54, 1.807) is 36.4 Å². The number of nitrogens with zero attached hydrogens (tertiary/aromatic N) is 4. The summed E-state index contributed by atoms with van der Waals surface area (Å²) in [4.78, 5) is 37.7.